The molecule has 1 fully saturated rings. The molecule has 3 unspecified atom stereocenters. The molecule has 1 N–H and O–H groups in total. The highest BCUT2D eigenvalue weighted by molar-refractivity contribution is 5.85. The second-order valence-electron chi connectivity index (χ2n) is 5.33. The highest BCUT2D eigenvalue weighted by Crippen LogP contribution is 2.27. The van der Waals surface area contributed by atoms with E-state index < -0.39 is 12.0 Å². The van der Waals surface area contributed by atoms with Crippen molar-refractivity contribution in [2.24, 2.45) is 11.8 Å². The SMILES string of the molecule is CCCCC(CC)C(=O)N1CCC(C)C1C(=O)O. The molecule has 1 saturated heterocycles. The van der Waals surface area contributed by atoms with Crippen molar-refractivity contribution < 1.29 is 14.7 Å². The normalized spacial score (nSPS) is 25.2. The van der Waals surface area contributed by atoms with Gasteiger partial charge in [-0.2, -0.15) is 0 Å². The summed E-state index contributed by atoms with van der Waals surface area (Å²) < 4.78 is 0. The Kier molecular flexibility index (Phi) is 5.63. The topological polar surface area (TPSA) is 57.6 Å². The lowest BCUT2D eigenvalue weighted by atomic mass is 9.96. The average molecular weight is 255 g/mol. The predicted octanol–water partition coefficient (Wildman–Crippen LogP) is 2.52. The fraction of sp³-hybridized carbons (Fsp3) is 0.857. The largest absolute Gasteiger partial charge is 0.480 e. The number of likely N-dealkylation sites (tertiary alicyclic amines) is 1. The maximum absolute atomic E-state index is 12.4. The number of carbonyl (C=O) groups is 2. The van der Waals surface area contributed by atoms with E-state index in [1.807, 2.05) is 13.8 Å². The smallest absolute Gasteiger partial charge is 0.326 e. The third kappa shape index (κ3) is 3.24. The highest BCUT2D eigenvalue weighted by Gasteiger charge is 2.40. The number of carboxylic acids is 1. The summed E-state index contributed by atoms with van der Waals surface area (Å²) in [6.45, 7) is 6.63. The molecule has 0 aromatic heterocycles. The van der Waals surface area contributed by atoms with Gasteiger partial charge in [0.2, 0.25) is 5.91 Å². The summed E-state index contributed by atoms with van der Waals surface area (Å²) in [4.78, 5) is 25.3. The molecular formula is C14H25NO3. The zero-order chi connectivity index (χ0) is 13.7. The fourth-order valence-electron chi connectivity index (χ4n) is 2.76. The summed E-state index contributed by atoms with van der Waals surface area (Å²) in [5.41, 5.74) is 0. The number of hydrogen-bond acceptors (Lipinski definition) is 2. The third-order valence-electron chi connectivity index (χ3n) is 3.98. The molecule has 4 heteroatoms. The molecule has 4 nitrogen and oxygen atoms in total. The lowest BCUT2D eigenvalue weighted by Gasteiger charge is -2.27. The van der Waals surface area contributed by atoms with Crippen LogP contribution >= 0.6 is 0 Å². The number of hydrogen-bond donors (Lipinski definition) is 1. The van der Waals surface area contributed by atoms with Gasteiger partial charge in [-0.3, -0.25) is 4.79 Å². The molecule has 0 spiro atoms. The monoisotopic (exact) mass is 255 g/mol. The van der Waals surface area contributed by atoms with Crippen LogP contribution in [0.2, 0.25) is 0 Å². The molecular weight excluding hydrogens is 230 g/mol. The summed E-state index contributed by atoms with van der Waals surface area (Å²) in [5, 5.41) is 9.24. The van der Waals surface area contributed by atoms with Gasteiger partial charge in [0.15, 0.2) is 0 Å². The van der Waals surface area contributed by atoms with Crippen LogP contribution in [0, 0.1) is 11.8 Å². The molecule has 0 radical (unpaired) electrons. The number of amides is 1. The Labute approximate surface area is 109 Å². The van der Waals surface area contributed by atoms with Crippen LogP contribution in [-0.4, -0.2) is 34.5 Å². The minimum atomic E-state index is -0.862. The van der Waals surface area contributed by atoms with Crippen LogP contribution in [0.25, 0.3) is 0 Å². The van der Waals surface area contributed by atoms with Gasteiger partial charge in [-0.1, -0.05) is 33.6 Å². The number of carbonyl (C=O) groups excluding carboxylic acids is 1. The Morgan fingerprint density at radius 2 is 2.06 bits per heavy atom. The van der Waals surface area contributed by atoms with Gasteiger partial charge in [-0.25, -0.2) is 4.79 Å². The van der Waals surface area contributed by atoms with Crippen molar-refractivity contribution in [3.05, 3.63) is 0 Å². The lowest BCUT2D eigenvalue weighted by molar-refractivity contribution is -0.151. The summed E-state index contributed by atoms with van der Waals surface area (Å²) in [7, 11) is 0. The van der Waals surface area contributed by atoms with Crippen LogP contribution in [0.15, 0.2) is 0 Å². The molecule has 1 rings (SSSR count). The van der Waals surface area contributed by atoms with E-state index in [9.17, 15) is 14.7 Å². The van der Waals surface area contributed by atoms with Gasteiger partial charge in [0.1, 0.15) is 6.04 Å². The van der Waals surface area contributed by atoms with Crippen LogP contribution in [0.4, 0.5) is 0 Å². The maximum Gasteiger partial charge on any atom is 0.326 e. The van der Waals surface area contributed by atoms with Gasteiger partial charge in [0.05, 0.1) is 0 Å². The Balaban J connectivity index is 2.72. The quantitative estimate of drug-likeness (QED) is 0.793. The van der Waals surface area contributed by atoms with Crippen molar-refractivity contribution in [2.75, 3.05) is 6.54 Å². The van der Waals surface area contributed by atoms with Crippen molar-refractivity contribution in [3.8, 4) is 0 Å². The number of aliphatic carboxylic acids is 1. The first kappa shape index (κ1) is 15.0. The van der Waals surface area contributed by atoms with Crippen molar-refractivity contribution in [1.29, 1.82) is 0 Å². The van der Waals surface area contributed by atoms with E-state index in [1.54, 1.807) is 4.90 Å². The van der Waals surface area contributed by atoms with E-state index in [2.05, 4.69) is 6.92 Å². The van der Waals surface area contributed by atoms with E-state index in [1.165, 1.54) is 0 Å². The maximum atomic E-state index is 12.4. The van der Waals surface area contributed by atoms with Crippen LogP contribution in [0.5, 0.6) is 0 Å². The summed E-state index contributed by atoms with van der Waals surface area (Å²) in [5.74, 6) is -0.756. The molecule has 0 aromatic rings. The van der Waals surface area contributed by atoms with Gasteiger partial charge < -0.3 is 10.0 Å². The predicted molar refractivity (Wildman–Crippen MR) is 70.2 cm³/mol. The van der Waals surface area contributed by atoms with Gasteiger partial charge in [-0.05, 0) is 25.2 Å². The van der Waals surface area contributed by atoms with Gasteiger partial charge in [0, 0.05) is 12.5 Å². The lowest BCUT2D eigenvalue weighted by Crippen LogP contribution is -2.45. The molecule has 3 atom stereocenters. The number of nitrogens with zero attached hydrogens (tertiary/aromatic N) is 1. The fourth-order valence-corrected chi connectivity index (χ4v) is 2.76. The van der Waals surface area contributed by atoms with E-state index in [-0.39, 0.29) is 17.7 Å². The molecule has 0 bridgehead atoms. The average Bonchev–Trinajstić information content (AvgIpc) is 2.71. The van der Waals surface area contributed by atoms with Crippen molar-refractivity contribution in [1.82, 2.24) is 4.90 Å². The first-order valence-electron chi connectivity index (χ1n) is 7.06. The molecule has 1 amide bonds. The zero-order valence-corrected chi connectivity index (χ0v) is 11.7. The molecule has 1 aliphatic rings. The van der Waals surface area contributed by atoms with E-state index in [0.717, 1.165) is 32.1 Å². The molecule has 0 saturated carbocycles. The zero-order valence-electron chi connectivity index (χ0n) is 11.7. The molecule has 104 valence electrons. The van der Waals surface area contributed by atoms with Crippen molar-refractivity contribution >= 4 is 11.9 Å². The second kappa shape index (κ2) is 6.76. The minimum Gasteiger partial charge on any atom is -0.480 e. The first-order chi connectivity index (χ1) is 8.52. The third-order valence-corrected chi connectivity index (χ3v) is 3.98. The Bertz CT molecular complexity index is 303. The second-order valence-corrected chi connectivity index (χ2v) is 5.33. The molecule has 1 heterocycles. The molecule has 1 aliphatic heterocycles. The van der Waals surface area contributed by atoms with Crippen LogP contribution in [0.1, 0.15) is 52.9 Å². The van der Waals surface area contributed by atoms with E-state index >= 15 is 0 Å². The van der Waals surface area contributed by atoms with Crippen LogP contribution in [-0.2, 0) is 9.59 Å². The number of rotatable bonds is 6. The Hall–Kier alpha value is -1.06. The summed E-state index contributed by atoms with van der Waals surface area (Å²) in [6, 6.07) is -0.617. The van der Waals surface area contributed by atoms with Crippen LogP contribution < -0.4 is 0 Å². The Morgan fingerprint density at radius 3 is 2.56 bits per heavy atom. The first-order valence-corrected chi connectivity index (χ1v) is 7.06. The van der Waals surface area contributed by atoms with Gasteiger partial charge in [0.25, 0.3) is 0 Å². The van der Waals surface area contributed by atoms with Gasteiger partial charge >= 0.3 is 5.97 Å². The molecule has 18 heavy (non-hydrogen) atoms. The number of unbranched alkanes of at least 4 members (excludes halogenated alkanes) is 1. The van der Waals surface area contributed by atoms with E-state index in [4.69, 9.17) is 0 Å². The molecule has 0 aromatic carbocycles. The minimum absolute atomic E-state index is 0.00269. The van der Waals surface area contributed by atoms with Crippen LogP contribution in [0.3, 0.4) is 0 Å². The van der Waals surface area contributed by atoms with E-state index in [0.29, 0.717) is 6.54 Å². The van der Waals surface area contributed by atoms with Gasteiger partial charge in [-0.15, -0.1) is 0 Å². The summed E-state index contributed by atoms with van der Waals surface area (Å²) >= 11 is 0. The number of carboxylic acid groups (broad SMARTS) is 1. The summed E-state index contributed by atoms with van der Waals surface area (Å²) in [6.07, 6.45) is 4.58. The molecule has 0 aliphatic carbocycles. The van der Waals surface area contributed by atoms with Crippen molar-refractivity contribution in [3.63, 3.8) is 0 Å². The Morgan fingerprint density at radius 1 is 1.39 bits per heavy atom. The van der Waals surface area contributed by atoms with Crippen molar-refractivity contribution in [2.45, 2.75) is 58.9 Å². The highest BCUT2D eigenvalue weighted by atomic mass is 16.4. The standard InChI is InChI=1S/C14H25NO3/c1-4-6-7-11(5-2)13(16)15-9-8-10(3)12(15)14(17)18/h10-12H,4-9H2,1-3H3,(H,17,18).